The summed E-state index contributed by atoms with van der Waals surface area (Å²) in [5.41, 5.74) is 4.16. The summed E-state index contributed by atoms with van der Waals surface area (Å²) >= 11 is 0. The van der Waals surface area contributed by atoms with E-state index in [0.29, 0.717) is 11.3 Å². The van der Waals surface area contributed by atoms with E-state index in [1.165, 1.54) is 16.8 Å². The smallest absolute Gasteiger partial charge is 0.0453 e. The maximum absolute atomic E-state index is 3.26. The lowest BCUT2D eigenvalue weighted by molar-refractivity contribution is 0.339. The first-order chi connectivity index (χ1) is 7.98. The molecule has 0 radical (unpaired) electrons. The van der Waals surface area contributed by atoms with Crippen molar-refractivity contribution in [2.75, 3.05) is 0 Å². The first-order valence-corrected chi connectivity index (χ1v) is 6.22. The molecule has 1 unspecified atom stereocenters. The van der Waals surface area contributed by atoms with Crippen LogP contribution in [0.5, 0.6) is 0 Å². The quantitative estimate of drug-likeness (QED) is 0.756. The van der Waals surface area contributed by atoms with Gasteiger partial charge in [-0.2, -0.15) is 0 Å². The molecule has 0 amide bonds. The SMILES string of the molecule is CC(c1cccc(-c2ccc[nH]2)c1)C(C)(C)C. The maximum atomic E-state index is 3.26. The van der Waals surface area contributed by atoms with Crippen LogP contribution in [0.1, 0.15) is 39.2 Å². The predicted molar refractivity (Wildman–Crippen MR) is 74.1 cm³/mol. The van der Waals surface area contributed by atoms with Gasteiger partial charge in [0.05, 0.1) is 0 Å². The fourth-order valence-corrected chi connectivity index (χ4v) is 1.99. The molecule has 1 heteroatoms. The minimum Gasteiger partial charge on any atom is -0.361 e. The molecule has 0 aliphatic heterocycles. The molecule has 0 bridgehead atoms. The molecule has 90 valence electrons. The average molecular weight is 227 g/mol. The first-order valence-electron chi connectivity index (χ1n) is 6.22. The van der Waals surface area contributed by atoms with Crippen LogP contribution in [0.3, 0.4) is 0 Å². The van der Waals surface area contributed by atoms with Crippen LogP contribution < -0.4 is 0 Å². The van der Waals surface area contributed by atoms with Gasteiger partial charge in [-0.05, 0) is 40.7 Å². The van der Waals surface area contributed by atoms with E-state index in [-0.39, 0.29) is 0 Å². The summed E-state index contributed by atoms with van der Waals surface area (Å²) in [6.45, 7) is 9.17. The van der Waals surface area contributed by atoms with Gasteiger partial charge in [0.15, 0.2) is 0 Å². The number of aromatic amines is 1. The van der Waals surface area contributed by atoms with Gasteiger partial charge in [-0.3, -0.25) is 0 Å². The normalized spacial score (nSPS) is 13.6. The van der Waals surface area contributed by atoms with E-state index in [1.54, 1.807) is 0 Å². The molecule has 1 aromatic carbocycles. The number of aromatic nitrogens is 1. The van der Waals surface area contributed by atoms with Crippen LogP contribution in [-0.2, 0) is 0 Å². The highest BCUT2D eigenvalue weighted by Gasteiger charge is 2.21. The van der Waals surface area contributed by atoms with E-state index in [1.807, 2.05) is 12.3 Å². The van der Waals surface area contributed by atoms with Crippen LogP contribution in [0, 0.1) is 5.41 Å². The summed E-state index contributed by atoms with van der Waals surface area (Å²) in [7, 11) is 0. The van der Waals surface area contributed by atoms with Crippen LogP contribution in [0.4, 0.5) is 0 Å². The third-order valence-corrected chi connectivity index (χ3v) is 3.59. The van der Waals surface area contributed by atoms with Gasteiger partial charge in [-0.15, -0.1) is 0 Å². The molecule has 17 heavy (non-hydrogen) atoms. The zero-order chi connectivity index (χ0) is 12.5. The van der Waals surface area contributed by atoms with Gasteiger partial charge >= 0.3 is 0 Å². The molecular weight excluding hydrogens is 206 g/mol. The van der Waals surface area contributed by atoms with Crippen LogP contribution in [0.25, 0.3) is 11.3 Å². The Morgan fingerprint density at radius 2 is 1.82 bits per heavy atom. The summed E-state index contributed by atoms with van der Waals surface area (Å²) in [6.07, 6.45) is 1.97. The maximum Gasteiger partial charge on any atom is 0.0453 e. The first kappa shape index (κ1) is 12.0. The Kier molecular flexibility index (Phi) is 3.10. The Labute approximate surface area is 104 Å². The monoisotopic (exact) mass is 227 g/mol. The van der Waals surface area contributed by atoms with Gasteiger partial charge in [-0.1, -0.05) is 45.9 Å². The largest absolute Gasteiger partial charge is 0.361 e. The van der Waals surface area contributed by atoms with Crippen molar-refractivity contribution in [1.29, 1.82) is 0 Å². The Balaban J connectivity index is 2.36. The molecule has 1 N–H and O–H groups in total. The van der Waals surface area contributed by atoms with Crippen molar-refractivity contribution in [2.45, 2.75) is 33.6 Å². The van der Waals surface area contributed by atoms with Gasteiger partial charge in [0.25, 0.3) is 0 Å². The number of hydrogen-bond donors (Lipinski definition) is 1. The predicted octanol–water partition coefficient (Wildman–Crippen LogP) is 4.83. The van der Waals surface area contributed by atoms with Gasteiger partial charge in [0.2, 0.25) is 0 Å². The van der Waals surface area contributed by atoms with Crippen LogP contribution in [0.15, 0.2) is 42.6 Å². The number of nitrogens with one attached hydrogen (secondary N) is 1. The van der Waals surface area contributed by atoms with E-state index in [9.17, 15) is 0 Å². The van der Waals surface area contributed by atoms with Crippen molar-refractivity contribution < 1.29 is 0 Å². The fraction of sp³-hybridized carbons (Fsp3) is 0.375. The second-order valence-corrected chi connectivity index (χ2v) is 5.80. The molecule has 0 aliphatic carbocycles. The van der Waals surface area contributed by atoms with Crippen molar-refractivity contribution in [3.63, 3.8) is 0 Å². The van der Waals surface area contributed by atoms with Gasteiger partial charge < -0.3 is 4.98 Å². The molecule has 0 aliphatic rings. The van der Waals surface area contributed by atoms with Crippen molar-refractivity contribution in [1.82, 2.24) is 4.98 Å². The van der Waals surface area contributed by atoms with E-state index in [4.69, 9.17) is 0 Å². The molecule has 0 fully saturated rings. The Morgan fingerprint density at radius 3 is 2.41 bits per heavy atom. The molecule has 1 nitrogen and oxygen atoms in total. The van der Waals surface area contributed by atoms with Crippen LogP contribution >= 0.6 is 0 Å². The number of benzene rings is 1. The minimum absolute atomic E-state index is 0.300. The third kappa shape index (κ3) is 2.60. The minimum atomic E-state index is 0.300. The third-order valence-electron chi connectivity index (χ3n) is 3.59. The topological polar surface area (TPSA) is 15.8 Å². The second-order valence-electron chi connectivity index (χ2n) is 5.80. The van der Waals surface area contributed by atoms with Crippen molar-refractivity contribution in [3.8, 4) is 11.3 Å². The summed E-state index contributed by atoms with van der Waals surface area (Å²) in [6, 6.07) is 13.0. The number of hydrogen-bond acceptors (Lipinski definition) is 0. The summed E-state index contributed by atoms with van der Waals surface area (Å²) in [4.78, 5) is 3.26. The fourth-order valence-electron chi connectivity index (χ4n) is 1.99. The van der Waals surface area contributed by atoms with E-state index >= 15 is 0 Å². The standard InChI is InChI=1S/C16H21N/c1-12(16(2,3)4)13-7-5-8-14(11-13)15-9-6-10-17-15/h5-12,17H,1-4H3. The van der Waals surface area contributed by atoms with Crippen molar-refractivity contribution >= 4 is 0 Å². The van der Waals surface area contributed by atoms with E-state index in [2.05, 4.69) is 63.0 Å². The molecule has 2 aromatic rings. The summed E-state index contributed by atoms with van der Waals surface area (Å²) < 4.78 is 0. The van der Waals surface area contributed by atoms with Gasteiger partial charge in [0.1, 0.15) is 0 Å². The zero-order valence-corrected chi connectivity index (χ0v) is 11.1. The molecule has 1 atom stereocenters. The van der Waals surface area contributed by atoms with Gasteiger partial charge in [0, 0.05) is 11.9 Å². The molecule has 0 saturated carbocycles. The number of rotatable bonds is 2. The Morgan fingerprint density at radius 1 is 1.06 bits per heavy atom. The molecule has 0 spiro atoms. The van der Waals surface area contributed by atoms with Crippen molar-refractivity contribution in [3.05, 3.63) is 48.2 Å². The Hall–Kier alpha value is -1.50. The van der Waals surface area contributed by atoms with Crippen LogP contribution in [-0.4, -0.2) is 4.98 Å². The highest BCUT2D eigenvalue weighted by Crippen LogP contribution is 2.35. The molecule has 0 saturated heterocycles. The highest BCUT2D eigenvalue weighted by molar-refractivity contribution is 5.60. The zero-order valence-electron chi connectivity index (χ0n) is 11.1. The lowest BCUT2D eigenvalue weighted by Crippen LogP contribution is -2.15. The molecule has 1 aromatic heterocycles. The van der Waals surface area contributed by atoms with Gasteiger partial charge in [-0.25, -0.2) is 0 Å². The lowest BCUT2D eigenvalue weighted by atomic mass is 9.77. The van der Waals surface area contributed by atoms with E-state index < -0.39 is 0 Å². The lowest BCUT2D eigenvalue weighted by Gasteiger charge is -2.28. The molecular formula is C16H21N. The summed E-state index contributed by atoms with van der Waals surface area (Å²) in [5.74, 6) is 0.553. The Bertz CT molecular complexity index is 474. The highest BCUT2D eigenvalue weighted by atomic mass is 14.7. The molecule has 1 heterocycles. The van der Waals surface area contributed by atoms with Crippen molar-refractivity contribution in [2.24, 2.45) is 5.41 Å². The van der Waals surface area contributed by atoms with E-state index in [0.717, 1.165) is 0 Å². The second kappa shape index (κ2) is 4.40. The average Bonchev–Trinajstić information content (AvgIpc) is 2.80. The molecule has 2 rings (SSSR count). The number of H-pyrrole nitrogens is 1. The summed E-state index contributed by atoms with van der Waals surface area (Å²) in [5, 5.41) is 0. The van der Waals surface area contributed by atoms with Crippen LogP contribution in [0.2, 0.25) is 0 Å².